The molecular formula is C11H14N2S. The zero-order valence-corrected chi connectivity index (χ0v) is 9.40. The van der Waals surface area contributed by atoms with Crippen molar-refractivity contribution >= 4 is 16.3 Å². The van der Waals surface area contributed by atoms with Gasteiger partial charge in [0.05, 0.1) is 5.69 Å². The molecule has 3 rings (SSSR count). The Kier molecular flexibility index (Phi) is 1.71. The van der Waals surface area contributed by atoms with Crippen LogP contribution in [0.4, 0.5) is 0 Å². The molecule has 2 aromatic heterocycles. The van der Waals surface area contributed by atoms with Crippen LogP contribution in [-0.2, 0) is 12.8 Å². The lowest BCUT2D eigenvalue weighted by atomic mass is 9.93. The number of hydrogen-bond donors (Lipinski definition) is 0. The number of aromatic nitrogens is 2. The molecule has 0 saturated carbocycles. The van der Waals surface area contributed by atoms with Crippen LogP contribution in [0.5, 0.6) is 0 Å². The van der Waals surface area contributed by atoms with Crippen molar-refractivity contribution in [1.29, 1.82) is 0 Å². The van der Waals surface area contributed by atoms with E-state index in [-0.39, 0.29) is 0 Å². The van der Waals surface area contributed by atoms with Crippen LogP contribution in [0.3, 0.4) is 0 Å². The number of thiazole rings is 1. The van der Waals surface area contributed by atoms with Crippen molar-refractivity contribution in [2.75, 3.05) is 0 Å². The Balaban J connectivity index is 2.23. The third kappa shape index (κ3) is 1.12. The fraction of sp³-hybridized carbons (Fsp3) is 0.545. The number of fused-ring (bicyclic) bond motifs is 3. The Morgan fingerprint density at radius 3 is 3.29 bits per heavy atom. The number of nitrogens with zero attached hydrogens (tertiary/aromatic N) is 2. The van der Waals surface area contributed by atoms with Crippen LogP contribution in [0.25, 0.3) is 4.96 Å². The number of aryl methyl sites for hydroxylation is 2. The number of imidazole rings is 1. The summed E-state index contributed by atoms with van der Waals surface area (Å²) in [7, 11) is 0. The van der Waals surface area contributed by atoms with Gasteiger partial charge >= 0.3 is 0 Å². The van der Waals surface area contributed by atoms with E-state index < -0.39 is 0 Å². The molecule has 1 aliphatic carbocycles. The maximum absolute atomic E-state index is 4.52. The van der Waals surface area contributed by atoms with Gasteiger partial charge in [-0.25, -0.2) is 4.98 Å². The van der Waals surface area contributed by atoms with E-state index in [2.05, 4.69) is 29.4 Å². The topological polar surface area (TPSA) is 17.3 Å². The minimum Gasteiger partial charge on any atom is -0.294 e. The average molecular weight is 206 g/mol. The standard InChI is InChI=1S/C11H14N2S/c1-7-3-4-10-9(5-7)13-6-8(2)12-11(13)14-10/h6-7H,3-5H2,1-2H3. The third-order valence-electron chi connectivity index (χ3n) is 3.03. The van der Waals surface area contributed by atoms with Crippen LogP contribution in [0, 0.1) is 12.8 Å². The average Bonchev–Trinajstić information content (AvgIpc) is 2.62. The van der Waals surface area contributed by atoms with Gasteiger partial charge in [0, 0.05) is 16.8 Å². The van der Waals surface area contributed by atoms with Crippen molar-refractivity contribution in [3.63, 3.8) is 0 Å². The summed E-state index contributed by atoms with van der Waals surface area (Å²) in [5.41, 5.74) is 2.65. The first-order valence-corrected chi connectivity index (χ1v) is 6.02. The molecule has 1 aliphatic rings. The summed E-state index contributed by atoms with van der Waals surface area (Å²) in [6, 6.07) is 0. The largest absolute Gasteiger partial charge is 0.294 e. The molecule has 0 saturated heterocycles. The van der Waals surface area contributed by atoms with Gasteiger partial charge in [0.25, 0.3) is 0 Å². The van der Waals surface area contributed by atoms with Gasteiger partial charge in [0.15, 0.2) is 4.96 Å². The van der Waals surface area contributed by atoms with E-state index >= 15 is 0 Å². The Hall–Kier alpha value is -0.830. The molecular weight excluding hydrogens is 192 g/mol. The van der Waals surface area contributed by atoms with Gasteiger partial charge < -0.3 is 0 Å². The van der Waals surface area contributed by atoms with Gasteiger partial charge in [-0.1, -0.05) is 6.92 Å². The SMILES string of the molecule is Cc1cn2c3c(sc2n1)CCC(C)C3. The van der Waals surface area contributed by atoms with Crippen LogP contribution in [0.15, 0.2) is 6.20 Å². The van der Waals surface area contributed by atoms with E-state index in [0.29, 0.717) is 0 Å². The van der Waals surface area contributed by atoms with Crippen LogP contribution >= 0.6 is 11.3 Å². The molecule has 74 valence electrons. The smallest absolute Gasteiger partial charge is 0.194 e. The summed E-state index contributed by atoms with van der Waals surface area (Å²) in [6.07, 6.45) is 5.99. The molecule has 2 heterocycles. The molecule has 0 fully saturated rings. The Morgan fingerprint density at radius 2 is 2.43 bits per heavy atom. The second-order valence-electron chi connectivity index (χ2n) is 4.35. The molecule has 0 spiro atoms. The van der Waals surface area contributed by atoms with Crippen molar-refractivity contribution in [3.05, 3.63) is 22.5 Å². The predicted molar refractivity (Wildman–Crippen MR) is 59.0 cm³/mol. The summed E-state index contributed by atoms with van der Waals surface area (Å²) < 4.78 is 2.30. The maximum Gasteiger partial charge on any atom is 0.194 e. The highest BCUT2D eigenvalue weighted by Gasteiger charge is 2.20. The van der Waals surface area contributed by atoms with E-state index in [0.717, 1.165) is 11.6 Å². The highest BCUT2D eigenvalue weighted by Crippen LogP contribution is 2.32. The van der Waals surface area contributed by atoms with Crippen LogP contribution in [0.2, 0.25) is 0 Å². The Labute approximate surface area is 87.6 Å². The molecule has 3 heteroatoms. The van der Waals surface area contributed by atoms with Crippen molar-refractivity contribution in [1.82, 2.24) is 9.38 Å². The number of rotatable bonds is 0. The summed E-state index contributed by atoms with van der Waals surface area (Å²) in [4.78, 5) is 7.27. The monoisotopic (exact) mass is 206 g/mol. The molecule has 1 unspecified atom stereocenters. The second kappa shape index (κ2) is 2.83. The summed E-state index contributed by atoms with van der Waals surface area (Å²) in [5.74, 6) is 0.836. The Morgan fingerprint density at radius 1 is 1.57 bits per heavy atom. The summed E-state index contributed by atoms with van der Waals surface area (Å²) in [5, 5.41) is 0. The van der Waals surface area contributed by atoms with Crippen LogP contribution in [0.1, 0.15) is 29.6 Å². The first-order valence-electron chi connectivity index (χ1n) is 5.20. The zero-order valence-electron chi connectivity index (χ0n) is 8.58. The molecule has 0 amide bonds. The summed E-state index contributed by atoms with van der Waals surface area (Å²) in [6.45, 7) is 4.41. The van der Waals surface area contributed by atoms with E-state index in [1.165, 1.54) is 29.9 Å². The zero-order chi connectivity index (χ0) is 9.71. The quantitative estimate of drug-likeness (QED) is 0.648. The first-order chi connectivity index (χ1) is 6.74. The number of hydrogen-bond acceptors (Lipinski definition) is 2. The van der Waals surface area contributed by atoms with E-state index in [4.69, 9.17) is 0 Å². The molecule has 0 N–H and O–H groups in total. The van der Waals surface area contributed by atoms with Gasteiger partial charge in [-0.3, -0.25) is 4.40 Å². The highest BCUT2D eigenvalue weighted by molar-refractivity contribution is 7.17. The Bertz CT molecular complexity index is 481. The fourth-order valence-corrected chi connectivity index (χ4v) is 3.45. The molecule has 2 aromatic rings. The highest BCUT2D eigenvalue weighted by atomic mass is 32.1. The molecule has 14 heavy (non-hydrogen) atoms. The first kappa shape index (κ1) is 8.48. The van der Waals surface area contributed by atoms with Gasteiger partial charge in [-0.2, -0.15) is 0 Å². The van der Waals surface area contributed by atoms with Crippen LogP contribution in [-0.4, -0.2) is 9.38 Å². The van der Waals surface area contributed by atoms with Gasteiger partial charge in [0.2, 0.25) is 0 Å². The molecule has 0 aliphatic heterocycles. The lowest BCUT2D eigenvalue weighted by molar-refractivity contribution is 0.495. The lowest BCUT2D eigenvalue weighted by Gasteiger charge is -2.17. The summed E-state index contributed by atoms with van der Waals surface area (Å²) >= 11 is 1.87. The van der Waals surface area contributed by atoms with Crippen LogP contribution < -0.4 is 0 Å². The predicted octanol–water partition coefficient (Wildman–Crippen LogP) is 2.83. The second-order valence-corrected chi connectivity index (χ2v) is 5.42. The van der Waals surface area contributed by atoms with Gasteiger partial charge in [-0.05, 0) is 32.1 Å². The van der Waals surface area contributed by atoms with E-state index in [1.54, 1.807) is 4.88 Å². The minimum atomic E-state index is 0.836. The molecule has 1 atom stereocenters. The minimum absolute atomic E-state index is 0.836. The molecule has 0 radical (unpaired) electrons. The van der Waals surface area contributed by atoms with Gasteiger partial charge in [-0.15, -0.1) is 11.3 Å². The van der Waals surface area contributed by atoms with Crippen molar-refractivity contribution in [2.45, 2.75) is 33.1 Å². The van der Waals surface area contributed by atoms with Gasteiger partial charge in [0.1, 0.15) is 0 Å². The molecule has 0 aromatic carbocycles. The molecule has 2 nitrogen and oxygen atoms in total. The van der Waals surface area contributed by atoms with Crippen molar-refractivity contribution < 1.29 is 0 Å². The van der Waals surface area contributed by atoms with E-state index in [1.807, 2.05) is 11.3 Å². The fourth-order valence-electron chi connectivity index (χ4n) is 2.26. The maximum atomic E-state index is 4.52. The normalized spacial score (nSPS) is 21.4. The lowest BCUT2D eigenvalue weighted by Crippen LogP contribution is -2.11. The van der Waals surface area contributed by atoms with Crippen molar-refractivity contribution in [3.8, 4) is 0 Å². The van der Waals surface area contributed by atoms with Crippen molar-refractivity contribution in [2.24, 2.45) is 5.92 Å². The third-order valence-corrected chi connectivity index (χ3v) is 4.18. The van der Waals surface area contributed by atoms with E-state index in [9.17, 15) is 0 Å². The molecule has 0 bridgehead atoms.